The molecule has 1 atom stereocenters. The molecule has 0 bridgehead atoms. The van der Waals surface area contributed by atoms with Crippen LogP contribution in [0.3, 0.4) is 0 Å². The molecular formula is C30H29N3. The van der Waals surface area contributed by atoms with Gasteiger partial charge in [0.15, 0.2) is 0 Å². The highest BCUT2D eigenvalue weighted by atomic mass is 15.3. The molecule has 4 aromatic carbocycles. The third kappa shape index (κ3) is 3.11. The third-order valence-corrected chi connectivity index (χ3v) is 7.32. The summed E-state index contributed by atoms with van der Waals surface area (Å²) in [5.41, 5.74) is 9.13. The van der Waals surface area contributed by atoms with Crippen LogP contribution in [-0.2, 0) is 6.42 Å². The highest BCUT2D eigenvalue weighted by molar-refractivity contribution is 6.10. The number of nitrogens with zero attached hydrogens (tertiary/aromatic N) is 3. The second-order valence-electron chi connectivity index (χ2n) is 9.16. The number of anilines is 2. The molecule has 3 nitrogen and oxygen atoms in total. The molecule has 0 spiro atoms. The average Bonchev–Trinajstić information content (AvgIpc) is 3.10. The molecule has 3 heteroatoms. The van der Waals surface area contributed by atoms with Crippen LogP contribution in [0.2, 0.25) is 0 Å². The van der Waals surface area contributed by atoms with Gasteiger partial charge in [-0.2, -0.15) is 0 Å². The molecule has 6 rings (SSSR count). The summed E-state index contributed by atoms with van der Waals surface area (Å²) >= 11 is 0. The Morgan fingerprint density at radius 1 is 0.727 bits per heavy atom. The average molecular weight is 432 g/mol. The molecule has 0 N–H and O–H groups in total. The standard InChI is InChI=1S/C30H29N3/c1-21-19-30-26(25-14-8-10-16-28(25)33(30)24-12-5-4-6-13-24)20-29(21)32-18-17-23-11-7-9-15-27(23)31(3)22(32)2/h4-16,19-20,22H,17-18H2,1-3H3. The first-order valence-corrected chi connectivity index (χ1v) is 11.8. The normalized spacial score (nSPS) is 16.3. The summed E-state index contributed by atoms with van der Waals surface area (Å²) in [6, 6.07) is 33.1. The minimum absolute atomic E-state index is 0.271. The van der Waals surface area contributed by atoms with E-state index < -0.39 is 0 Å². The van der Waals surface area contributed by atoms with Gasteiger partial charge in [-0.25, -0.2) is 0 Å². The molecule has 2 heterocycles. The Kier molecular flexibility index (Phi) is 4.65. The fourth-order valence-corrected chi connectivity index (χ4v) is 5.50. The Labute approximate surface area is 195 Å². The summed E-state index contributed by atoms with van der Waals surface area (Å²) < 4.78 is 2.40. The second kappa shape index (κ2) is 7.70. The lowest BCUT2D eigenvalue weighted by molar-refractivity contribution is 0.637. The highest BCUT2D eigenvalue weighted by Crippen LogP contribution is 2.38. The van der Waals surface area contributed by atoms with E-state index in [4.69, 9.17) is 0 Å². The number of fused-ring (bicyclic) bond motifs is 4. The van der Waals surface area contributed by atoms with Crippen molar-refractivity contribution in [1.82, 2.24) is 4.57 Å². The van der Waals surface area contributed by atoms with E-state index in [0.717, 1.165) is 13.0 Å². The smallest absolute Gasteiger partial charge is 0.0984 e. The zero-order valence-corrected chi connectivity index (χ0v) is 19.5. The summed E-state index contributed by atoms with van der Waals surface area (Å²) in [6.07, 6.45) is 1.32. The first-order valence-electron chi connectivity index (χ1n) is 11.8. The van der Waals surface area contributed by atoms with E-state index in [1.54, 1.807) is 0 Å². The van der Waals surface area contributed by atoms with E-state index in [9.17, 15) is 0 Å². The molecule has 33 heavy (non-hydrogen) atoms. The van der Waals surface area contributed by atoms with Crippen LogP contribution in [0.5, 0.6) is 0 Å². The van der Waals surface area contributed by atoms with Gasteiger partial charge < -0.3 is 14.4 Å². The van der Waals surface area contributed by atoms with Crippen molar-refractivity contribution in [3.05, 3.63) is 102 Å². The first-order chi connectivity index (χ1) is 16.1. The Morgan fingerprint density at radius 2 is 1.45 bits per heavy atom. The van der Waals surface area contributed by atoms with E-state index in [0.29, 0.717) is 0 Å². The lowest BCUT2D eigenvalue weighted by Crippen LogP contribution is -2.44. The first kappa shape index (κ1) is 19.9. The predicted octanol–water partition coefficient (Wildman–Crippen LogP) is 6.94. The summed E-state index contributed by atoms with van der Waals surface area (Å²) in [5.74, 6) is 0. The van der Waals surface area contributed by atoms with Crippen molar-refractivity contribution in [2.45, 2.75) is 26.4 Å². The van der Waals surface area contributed by atoms with Gasteiger partial charge in [0.05, 0.1) is 17.2 Å². The highest BCUT2D eigenvalue weighted by Gasteiger charge is 2.26. The molecule has 164 valence electrons. The number of aromatic nitrogens is 1. The molecule has 0 radical (unpaired) electrons. The van der Waals surface area contributed by atoms with Crippen LogP contribution >= 0.6 is 0 Å². The van der Waals surface area contributed by atoms with Gasteiger partial charge in [-0.1, -0.05) is 54.6 Å². The van der Waals surface area contributed by atoms with Gasteiger partial charge in [-0.3, -0.25) is 0 Å². The molecule has 0 saturated carbocycles. The van der Waals surface area contributed by atoms with Gasteiger partial charge in [-0.05, 0) is 67.8 Å². The van der Waals surface area contributed by atoms with Crippen molar-refractivity contribution >= 4 is 33.2 Å². The van der Waals surface area contributed by atoms with Gasteiger partial charge >= 0.3 is 0 Å². The Morgan fingerprint density at radius 3 is 2.30 bits per heavy atom. The largest absolute Gasteiger partial charge is 0.354 e. The van der Waals surface area contributed by atoms with Crippen molar-refractivity contribution < 1.29 is 0 Å². The summed E-state index contributed by atoms with van der Waals surface area (Å²) in [5, 5.41) is 2.61. The van der Waals surface area contributed by atoms with E-state index in [2.05, 4.69) is 126 Å². The van der Waals surface area contributed by atoms with Crippen LogP contribution in [0.1, 0.15) is 18.1 Å². The van der Waals surface area contributed by atoms with Crippen molar-refractivity contribution in [1.29, 1.82) is 0 Å². The van der Waals surface area contributed by atoms with E-state index >= 15 is 0 Å². The fraction of sp³-hybridized carbons (Fsp3) is 0.200. The molecular weight excluding hydrogens is 402 g/mol. The maximum atomic E-state index is 2.57. The quantitative estimate of drug-likeness (QED) is 0.300. The van der Waals surface area contributed by atoms with Gasteiger partial charge in [0.2, 0.25) is 0 Å². The molecule has 0 saturated heterocycles. The van der Waals surface area contributed by atoms with Gasteiger partial charge in [0.25, 0.3) is 0 Å². The molecule has 1 unspecified atom stereocenters. The molecule has 1 aliphatic heterocycles. The van der Waals surface area contributed by atoms with Crippen LogP contribution in [0.15, 0.2) is 91.0 Å². The van der Waals surface area contributed by atoms with Crippen molar-refractivity contribution in [2.75, 3.05) is 23.4 Å². The summed E-state index contributed by atoms with van der Waals surface area (Å²) in [4.78, 5) is 4.99. The van der Waals surface area contributed by atoms with Crippen LogP contribution in [0.25, 0.3) is 27.5 Å². The lowest BCUT2D eigenvalue weighted by Gasteiger charge is -2.37. The SMILES string of the molecule is Cc1cc2c(cc1N1CCc3ccccc3N(C)C1C)c1ccccc1n2-c1ccccc1. The van der Waals surface area contributed by atoms with Crippen molar-refractivity contribution in [2.24, 2.45) is 0 Å². The van der Waals surface area contributed by atoms with Crippen LogP contribution in [0.4, 0.5) is 11.4 Å². The van der Waals surface area contributed by atoms with E-state index in [1.165, 1.54) is 50.0 Å². The molecule has 0 amide bonds. The number of rotatable bonds is 2. The lowest BCUT2D eigenvalue weighted by atomic mass is 10.1. The molecule has 1 aliphatic rings. The molecule has 0 fully saturated rings. The monoisotopic (exact) mass is 431 g/mol. The third-order valence-electron chi connectivity index (χ3n) is 7.32. The molecule has 0 aliphatic carbocycles. The number of hydrogen-bond donors (Lipinski definition) is 0. The number of para-hydroxylation sites is 3. The Balaban J connectivity index is 1.54. The summed E-state index contributed by atoms with van der Waals surface area (Å²) in [6.45, 7) is 5.58. The topological polar surface area (TPSA) is 11.4 Å². The number of aryl methyl sites for hydroxylation is 1. The van der Waals surface area contributed by atoms with Crippen molar-refractivity contribution in [3.63, 3.8) is 0 Å². The van der Waals surface area contributed by atoms with Crippen LogP contribution in [-0.4, -0.2) is 24.3 Å². The maximum absolute atomic E-state index is 2.57. The van der Waals surface area contributed by atoms with Gasteiger partial charge in [0.1, 0.15) is 0 Å². The van der Waals surface area contributed by atoms with Gasteiger partial charge in [0, 0.05) is 41.4 Å². The number of hydrogen-bond acceptors (Lipinski definition) is 2. The minimum Gasteiger partial charge on any atom is -0.354 e. The van der Waals surface area contributed by atoms with E-state index in [-0.39, 0.29) is 6.17 Å². The predicted molar refractivity (Wildman–Crippen MR) is 141 cm³/mol. The van der Waals surface area contributed by atoms with Gasteiger partial charge in [-0.15, -0.1) is 0 Å². The number of benzene rings is 4. The minimum atomic E-state index is 0.271. The zero-order chi connectivity index (χ0) is 22.5. The molecule has 5 aromatic rings. The second-order valence-corrected chi connectivity index (χ2v) is 9.16. The van der Waals surface area contributed by atoms with Crippen molar-refractivity contribution in [3.8, 4) is 5.69 Å². The van der Waals surface area contributed by atoms with Crippen LogP contribution < -0.4 is 9.80 Å². The molecule has 1 aromatic heterocycles. The summed E-state index contributed by atoms with van der Waals surface area (Å²) in [7, 11) is 2.22. The Bertz CT molecular complexity index is 1460. The van der Waals surface area contributed by atoms with E-state index in [1.807, 2.05) is 0 Å². The zero-order valence-electron chi connectivity index (χ0n) is 19.5. The maximum Gasteiger partial charge on any atom is 0.0984 e. The Hall–Kier alpha value is -3.72. The fourth-order valence-electron chi connectivity index (χ4n) is 5.50. The van der Waals surface area contributed by atoms with Crippen LogP contribution in [0, 0.1) is 6.92 Å².